The van der Waals surface area contributed by atoms with Gasteiger partial charge in [-0.1, -0.05) is 12.2 Å². The highest BCUT2D eigenvalue weighted by Crippen LogP contribution is 2.36. The predicted molar refractivity (Wildman–Crippen MR) is 71.7 cm³/mol. The summed E-state index contributed by atoms with van der Waals surface area (Å²) < 4.78 is 13.9. The molecule has 0 aliphatic rings. The summed E-state index contributed by atoms with van der Waals surface area (Å²) >= 11 is 0. The van der Waals surface area contributed by atoms with Crippen molar-refractivity contribution < 1.29 is 28.6 Å². The summed E-state index contributed by atoms with van der Waals surface area (Å²) in [6, 6.07) is 0. The van der Waals surface area contributed by atoms with Crippen LogP contribution in [0.25, 0.3) is 0 Å². The van der Waals surface area contributed by atoms with E-state index in [1.807, 2.05) is 0 Å². The van der Waals surface area contributed by atoms with Gasteiger partial charge in [-0.25, -0.2) is 4.79 Å². The number of hydrogen-bond acceptors (Lipinski definition) is 6. The lowest BCUT2D eigenvalue weighted by atomic mass is 9.76. The van der Waals surface area contributed by atoms with Gasteiger partial charge in [-0.2, -0.15) is 0 Å². The van der Waals surface area contributed by atoms with Crippen molar-refractivity contribution in [2.75, 3.05) is 21.3 Å². The Morgan fingerprint density at radius 2 is 1.35 bits per heavy atom. The molecule has 0 amide bonds. The highest BCUT2D eigenvalue weighted by molar-refractivity contribution is 6.02. The highest BCUT2D eigenvalue weighted by Gasteiger charge is 2.49. The molecule has 0 aromatic heterocycles. The first kappa shape index (κ1) is 17.9. The van der Waals surface area contributed by atoms with E-state index in [0.717, 1.165) is 14.2 Å². The lowest BCUT2D eigenvalue weighted by Crippen LogP contribution is -2.42. The fourth-order valence-corrected chi connectivity index (χ4v) is 1.92. The standard InChI is InChI=1S/C14H20O6/c1-9(2)7-14(12(16)19-5,13(17)20-6)8-10(3)11(15)18-4/h1,3,7-8H2,2,4-6H3. The van der Waals surface area contributed by atoms with E-state index in [-0.39, 0.29) is 18.4 Å². The van der Waals surface area contributed by atoms with Crippen LogP contribution in [0.3, 0.4) is 0 Å². The number of carbonyl (C=O) groups excluding carboxylic acids is 3. The minimum absolute atomic E-state index is 0.0115. The molecule has 6 nitrogen and oxygen atoms in total. The largest absolute Gasteiger partial charge is 0.468 e. The van der Waals surface area contributed by atoms with Crippen molar-refractivity contribution >= 4 is 17.9 Å². The third-order valence-corrected chi connectivity index (χ3v) is 2.75. The Morgan fingerprint density at radius 1 is 0.900 bits per heavy atom. The summed E-state index contributed by atoms with van der Waals surface area (Å²) in [4.78, 5) is 35.6. The van der Waals surface area contributed by atoms with Crippen molar-refractivity contribution in [1.29, 1.82) is 0 Å². The Bertz CT molecular complexity index is 419. The molecule has 0 rings (SSSR count). The van der Waals surface area contributed by atoms with E-state index < -0.39 is 23.3 Å². The van der Waals surface area contributed by atoms with E-state index in [9.17, 15) is 14.4 Å². The molecule has 0 aliphatic carbocycles. The average molecular weight is 284 g/mol. The van der Waals surface area contributed by atoms with Crippen LogP contribution < -0.4 is 0 Å². The fraction of sp³-hybridized carbons (Fsp3) is 0.500. The second kappa shape index (κ2) is 7.47. The first-order valence-electron chi connectivity index (χ1n) is 5.82. The first-order valence-corrected chi connectivity index (χ1v) is 5.82. The van der Waals surface area contributed by atoms with Crippen molar-refractivity contribution in [3.63, 3.8) is 0 Å². The summed E-state index contributed by atoms with van der Waals surface area (Å²) in [6.07, 6.45) is -0.270. The molecule has 0 atom stereocenters. The van der Waals surface area contributed by atoms with Crippen molar-refractivity contribution in [3.05, 3.63) is 24.3 Å². The molecule has 6 heteroatoms. The zero-order valence-electron chi connectivity index (χ0n) is 12.3. The lowest BCUT2D eigenvalue weighted by Gasteiger charge is -2.28. The van der Waals surface area contributed by atoms with Crippen LogP contribution in [0.15, 0.2) is 24.3 Å². The molecule has 0 radical (unpaired) electrons. The van der Waals surface area contributed by atoms with E-state index in [1.165, 1.54) is 7.11 Å². The topological polar surface area (TPSA) is 78.9 Å². The summed E-state index contributed by atoms with van der Waals surface area (Å²) in [6.45, 7) is 8.87. The summed E-state index contributed by atoms with van der Waals surface area (Å²) in [5.74, 6) is -2.32. The van der Waals surface area contributed by atoms with Gasteiger partial charge in [-0.3, -0.25) is 9.59 Å². The van der Waals surface area contributed by atoms with Crippen LogP contribution in [0.1, 0.15) is 19.8 Å². The van der Waals surface area contributed by atoms with Crippen LogP contribution in [0, 0.1) is 5.41 Å². The molecule has 0 heterocycles. The third kappa shape index (κ3) is 3.94. The van der Waals surface area contributed by atoms with E-state index in [4.69, 9.17) is 0 Å². The number of allylic oxidation sites excluding steroid dienone is 1. The smallest absolute Gasteiger partial charge is 0.333 e. The van der Waals surface area contributed by atoms with Gasteiger partial charge >= 0.3 is 17.9 Å². The van der Waals surface area contributed by atoms with Crippen LogP contribution in [0.5, 0.6) is 0 Å². The molecule has 0 fully saturated rings. The van der Waals surface area contributed by atoms with E-state index in [1.54, 1.807) is 6.92 Å². The van der Waals surface area contributed by atoms with Crippen molar-refractivity contribution in [3.8, 4) is 0 Å². The summed E-state index contributed by atoms with van der Waals surface area (Å²) in [5, 5.41) is 0. The maximum absolute atomic E-state index is 12.1. The van der Waals surface area contributed by atoms with Crippen LogP contribution in [0.4, 0.5) is 0 Å². The van der Waals surface area contributed by atoms with Gasteiger partial charge in [0.1, 0.15) is 0 Å². The van der Waals surface area contributed by atoms with E-state index in [0.29, 0.717) is 5.57 Å². The van der Waals surface area contributed by atoms with Gasteiger partial charge in [-0.15, -0.1) is 6.58 Å². The Kier molecular flexibility index (Phi) is 6.68. The van der Waals surface area contributed by atoms with Crippen LogP contribution in [-0.2, 0) is 28.6 Å². The molecule has 0 aromatic rings. The third-order valence-electron chi connectivity index (χ3n) is 2.75. The van der Waals surface area contributed by atoms with Crippen molar-refractivity contribution in [2.45, 2.75) is 19.8 Å². The molecular weight excluding hydrogens is 264 g/mol. The van der Waals surface area contributed by atoms with Crippen LogP contribution >= 0.6 is 0 Å². The molecular formula is C14H20O6. The molecule has 0 aromatic carbocycles. The van der Waals surface area contributed by atoms with Gasteiger partial charge < -0.3 is 14.2 Å². The first-order chi connectivity index (χ1) is 9.24. The SMILES string of the molecule is C=C(C)CC(CC(=C)C(=O)OC)(C(=O)OC)C(=O)OC. The number of hydrogen-bond donors (Lipinski definition) is 0. The normalized spacial score (nSPS) is 10.4. The molecule has 112 valence electrons. The average Bonchev–Trinajstić information content (AvgIpc) is 2.42. The zero-order chi connectivity index (χ0) is 15.9. The van der Waals surface area contributed by atoms with E-state index in [2.05, 4.69) is 27.4 Å². The van der Waals surface area contributed by atoms with Crippen molar-refractivity contribution in [1.82, 2.24) is 0 Å². The van der Waals surface area contributed by atoms with Crippen molar-refractivity contribution in [2.24, 2.45) is 5.41 Å². The van der Waals surface area contributed by atoms with Crippen LogP contribution in [0.2, 0.25) is 0 Å². The maximum Gasteiger partial charge on any atom is 0.333 e. The quantitative estimate of drug-likeness (QED) is 0.231. The Labute approximate surface area is 118 Å². The van der Waals surface area contributed by atoms with Gasteiger partial charge in [0.15, 0.2) is 5.41 Å². The Morgan fingerprint density at radius 3 is 1.65 bits per heavy atom. The Balaban J connectivity index is 5.67. The zero-order valence-corrected chi connectivity index (χ0v) is 12.3. The summed E-state index contributed by atoms with van der Waals surface area (Å²) in [5.41, 5.74) is -1.14. The van der Waals surface area contributed by atoms with Gasteiger partial charge in [0.2, 0.25) is 0 Å². The van der Waals surface area contributed by atoms with Gasteiger partial charge in [0.25, 0.3) is 0 Å². The number of ether oxygens (including phenoxy) is 3. The number of methoxy groups -OCH3 is 3. The van der Waals surface area contributed by atoms with Gasteiger partial charge in [0.05, 0.1) is 21.3 Å². The number of esters is 3. The monoisotopic (exact) mass is 284 g/mol. The Hall–Kier alpha value is -2.11. The molecule has 0 saturated heterocycles. The van der Waals surface area contributed by atoms with E-state index >= 15 is 0 Å². The molecule has 20 heavy (non-hydrogen) atoms. The minimum Gasteiger partial charge on any atom is -0.468 e. The van der Waals surface area contributed by atoms with Gasteiger partial charge in [0, 0.05) is 12.0 Å². The second-order valence-corrected chi connectivity index (χ2v) is 4.47. The predicted octanol–water partition coefficient (Wildman–Crippen LogP) is 1.40. The molecule has 0 N–H and O–H groups in total. The minimum atomic E-state index is -1.68. The summed E-state index contributed by atoms with van der Waals surface area (Å²) in [7, 11) is 3.49. The number of carbonyl (C=O) groups is 3. The fourth-order valence-electron chi connectivity index (χ4n) is 1.92. The van der Waals surface area contributed by atoms with Gasteiger partial charge in [-0.05, 0) is 13.3 Å². The number of rotatable bonds is 7. The highest BCUT2D eigenvalue weighted by atomic mass is 16.5. The molecule has 0 unspecified atom stereocenters. The molecule has 0 bridgehead atoms. The second-order valence-electron chi connectivity index (χ2n) is 4.47. The maximum atomic E-state index is 12.1. The molecule has 0 saturated carbocycles. The molecule has 0 aliphatic heterocycles. The lowest BCUT2D eigenvalue weighted by molar-refractivity contribution is -0.169. The van der Waals surface area contributed by atoms with Crippen LogP contribution in [-0.4, -0.2) is 39.2 Å². The molecule has 0 spiro atoms.